The fraction of sp³-hybridized carbons (Fsp3) is 0.611. The molecule has 1 saturated heterocycles. The van der Waals surface area contributed by atoms with Gasteiger partial charge in [0, 0.05) is 25.6 Å². The van der Waals surface area contributed by atoms with Gasteiger partial charge in [0.15, 0.2) is 0 Å². The molecular formula is C18H27FN2O3S. The molecule has 1 aliphatic rings. The highest BCUT2D eigenvalue weighted by atomic mass is 32.2. The van der Waals surface area contributed by atoms with E-state index in [1.165, 1.54) is 28.6 Å². The van der Waals surface area contributed by atoms with Gasteiger partial charge in [0.1, 0.15) is 5.82 Å². The summed E-state index contributed by atoms with van der Waals surface area (Å²) in [5, 5.41) is 2.94. The standard InChI is InChI=1S/C18H27FN2O3S/c1-14(2)7-10-20-18(22)16-8-11-21(12-9-16)25(23,24)13-15-3-5-17(19)6-4-15/h3-6,14,16H,7-13H2,1-2H3,(H,20,22). The minimum atomic E-state index is -3.45. The van der Waals surface area contributed by atoms with Crippen molar-refractivity contribution in [2.24, 2.45) is 11.8 Å². The molecule has 0 unspecified atom stereocenters. The molecule has 1 N–H and O–H groups in total. The third-order valence-electron chi connectivity index (χ3n) is 4.50. The molecule has 25 heavy (non-hydrogen) atoms. The molecule has 140 valence electrons. The number of nitrogens with zero attached hydrogens (tertiary/aromatic N) is 1. The van der Waals surface area contributed by atoms with Gasteiger partial charge in [0.2, 0.25) is 15.9 Å². The molecule has 1 heterocycles. The van der Waals surface area contributed by atoms with Crippen molar-refractivity contribution < 1.29 is 17.6 Å². The predicted molar refractivity (Wildman–Crippen MR) is 95.8 cm³/mol. The van der Waals surface area contributed by atoms with Crippen molar-refractivity contribution in [3.05, 3.63) is 35.6 Å². The van der Waals surface area contributed by atoms with Crippen LogP contribution in [-0.2, 0) is 20.6 Å². The minimum absolute atomic E-state index is 0.0243. The first-order valence-electron chi connectivity index (χ1n) is 8.78. The second-order valence-electron chi connectivity index (χ2n) is 7.03. The second kappa shape index (κ2) is 8.76. The van der Waals surface area contributed by atoms with Crippen LogP contribution < -0.4 is 5.32 Å². The van der Waals surface area contributed by atoms with E-state index in [2.05, 4.69) is 19.2 Å². The molecule has 1 aromatic rings. The van der Waals surface area contributed by atoms with E-state index < -0.39 is 10.0 Å². The lowest BCUT2D eigenvalue weighted by Crippen LogP contribution is -2.43. The third-order valence-corrected chi connectivity index (χ3v) is 6.35. The molecule has 0 bridgehead atoms. The molecule has 5 nitrogen and oxygen atoms in total. The number of amides is 1. The van der Waals surface area contributed by atoms with E-state index in [1.54, 1.807) is 0 Å². The fourth-order valence-corrected chi connectivity index (χ4v) is 4.47. The van der Waals surface area contributed by atoms with Gasteiger partial charge in [-0.25, -0.2) is 17.1 Å². The van der Waals surface area contributed by atoms with Gasteiger partial charge in [0.05, 0.1) is 5.75 Å². The summed E-state index contributed by atoms with van der Waals surface area (Å²) in [7, 11) is -3.45. The van der Waals surface area contributed by atoms with Gasteiger partial charge in [0.25, 0.3) is 0 Å². The Kier molecular flexibility index (Phi) is 6.95. The normalized spacial score (nSPS) is 17.0. The van der Waals surface area contributed by atoms with Gasteiger partial charge in [-0.05, 0) is 42.9 Å². The number of sulfonamides is 1. The summed E-state index contributed by atoms with van der Waals surface area (Å²) < 4.78 is 39.4. The quantitative estimate of drug-likeness (QED) is 0.802. The number of benzene rings is 1. The Labute approximate surface area is 149 Å². The van der Waals surface area contributed by atoms with Gasteiger partial charge in [-0.3, -0.25) is 4.79 Å². The zero-order valence-corrected chi connectivity index (χ0v) is 15.7. The highest BCUT2D eigenvalue weighted by Gasteiger charge is 2.31. The Hall–Kier alpha value is -1.47. The van der Waals surface area contributed by atoms with Gasteiger partial charge >= 0.3 is 0 Å². The highest BCUT2D eigenvalue weighted by molar-refractivity contribution is 7.88. The first kappa shape index (κ1) is 19.8. The number of halogens is 1. The molecule has 0 aromatic heterocycles. The molecule has 0 spiro atoms. The molecule has 7 heteroatoms. The zero-order chi connectivity index (χ0) is 18.4. The molecule has 0 aliphatic carbocycles. The van der Waals surface area contributed by atoms with Gasteiger partial charge in [-0.15, -0.1) is 0 Å². The van der Waals surface area contributed by atoms with Crippen LogP contribution >= 0.6 is 0 Å². The summed E-state index contributed by atoms with van der Waals surface area (Å²) in [6, 6.07) is 5.50. The SMILES string of the molecule is CC(C)CCNC(=O)C1CCN(S(=O)(=O)Cc2ccc(F)cc2)CC1. The average Bonchev–Trinajstić information content (AvgIpc) is 2.56. The average molecular weight is 370 g/mol. The van der Waals surface area contributed by atoms with Crippen molar-refractivity contribution in [3.8, 4) is 0 Å². The Bertz CT molecular complexity index is 666. The van der Waals surface area contributed by atoms with Crippen LogP contribution in [0, 0.1) is 17.7 Å². The maximum absolute atomic E-state index is 12.9. The van der Waals surface area contributed by atoms with Crippen LogP contribution in [0.25, 0.3) is 0 Å². The van der Waals surface area contributed by atoms with Crippen molar-refractivity contribution >= 4 is 15.9 Å². The van der Waals surface area contributed by atoms with Crippen molar-refractivity contribution in [1.29, 1.82) is 0 Å². The summed E-state index contributed by atoms with van der Waals surface area (Å²) in [6.45, 7) is 5.59. The van der Waals surface area contributed by atoms with Crippen LogP contribution in [0.15, 0.2) is 24.3 Å². The molecular weight excluding hydrogens is 343 g/mol. The molecule has 1 fully saturated rings. The van der Waals surface area contributed by atoms with Crippen molar-refractivity contribution in [2.75, 3.05) is 19.6 Å². The van der Waals surface area contributed by atoms with Crippen molar-refractivity contribution in [3.63, 3.8) is 0 Å². The topological polar surface area (TPSA) is 66.5 Å². The zero-order valence-electron chi connectivity index (χ0n) is 14.9. The number of carbonyl (C=O) groups is 1. The van der Waals surface area contributed by atoms with Crippen LogP contribution in [0.3, 0.4) is 0 Å². The molecule has 1 aromatic carbocycles. The number of hydrogen-bond acceptors (Lipinski definition) is 3. The van der Waals surface area contributed by atoms with Crippen molar-refractivity contribution in [2.45, 2.75) is 38.9 Å². The monoisotopic (exact) mass is 370 g/mol. The number of carbonyl (C=O) groups excluding carboxylic acids is 1. The summed E-state index contributed by atoms with van der Waals surface area (Å²) in [5.41, 5.74) is 0.565. The Morgan fingerprint density at radius 1 is 1.24 bits per heavy atom. The van der Waals surface area contributed by atoms with Crippen LogP contribution in [0.2, 0.25) is 0 Å². The number of hydrogen-bond donors (Lipinski definition) is 1. The van der Waals surface area contributed by atoms with E-state index in [0.29, 0.717) is 44.0 Å². The molecule has 1 aliphatic heterocycles. The largest absolute Gasteiger partial charge is 0.356 e. The van der Waals surface area contributed by atoms with Gasteiger partial charge in [-0.1, -0.05) is 26.0 Å². The van der Waals surface area contributed by atoms with E-state index in [-0.39, 0.29) is 23.4 Å². The minimum Gasteiger partial charge on any atom is -0.356 e. The van der Waals surface area contributed by atoms with E-state index in [1.807, 2.05) is 0 Å². The van der Waals surface area contributed by atoms with Crippen molar-refractivity contribution in [1.82, 2.24) is 9.62 Å². The third kappa shape index (κ3) is 6.08. The smallest absolute Gasteiger partial charge is 0.223 e. The number of rotatable bonds is 7. The van der Waals surface area contributed by atoms with Crippen LogP contribution in [0.5, 0.6) is 0 Å². The Balaban J connectivity index is 1.84. The highest BCUT2D eigenvalue weighted by Crippen LogP contribution is 2.22. The first-order chi connectivity index (χ1) is 11.8. The predicted octanol–water partition coefficient (Wildman–Crippen LogP) is 2.53. The van der Waals surface area contributed by atoms with E-state index in [0.717, 1.165) is 6.42 Å². The lowest BCUT2D eigenvalue weighted by Gasteiger charge is -2.30. The van der Waals surface area contributed by atoms with Crippen LogP contribution in [-0.4, -0.2) is 38.3 Å². The maximum Gasteiger partial charge on any atom is 0.223 e. The number of piperidine rings is 1. The fourth-order valence-electron chi connectivity index (χ4n) is 2.91. The molecule has 0 saturated carbocycles. The summed E-state index contributed by atoms with van der Waals surface area (Å²) in [4.78, 5) is 12.1. The van der Waals surface area contributed by atoms with E-state index >= 15 is 0 Å². The van der Waals surface area contributed by atoms with E-state index in [9.17, 15) is 17.6 Å². The Morgan fingerprint density at radius 3 is 2.40 bits per heavy atom. The first-order valence-corrected chi connectivity index (χ1v) is 10.4. The lowest BCUT2D eigenvalue weighted by atomic mass is 9.97. The lowest BCUT2D eigenvalue weighted by molar-refractivity contribution is -0.126. The van der Waals surface area contributed by atoms with Crippen LogP contribution in [0.4, 0.5) is 4.39 Å². The number of nitrogens with one attached hydrogen (secondary N) is 1. The maximum atomic E-state index is 12.9. The van der Waals surface area contributed by atoms with E-state index in [4.69, 9.17) is 0 Å². The molecule has 0 radical (unpaired) electrons. The Morgan fingerprint density at radius 2 is 1.84 bits per heavy atom. The van der Waals surface area contributed by atoms with Crippen LogP contribution in [0.1, 0.15) is 38.7 Å². The molecule has 0 atom stereocenters. The summed E-state index contributed by atoms with van der Waals surface area (Å²) >= 11 is 0. The van der Waals surface area contributed by atoms with Gasteiger partial charge < -0.3 is 5.32 Å². The second-order valence-corrected chi connectivity index (χ2v) is 9.00. The molecule has 2 rings (SSSR count). The molecule has 1 amide bonds. The summed E-state index contributed by atoms with van der Waals surface area (Å²) in [6.07, 6.45) is 2.02. The van der Waals surface area contributed by atoms with Gasteiger partial charge in [-0.2, -0.15) is 0 Å². The summed E-state index contributed by atoms with van der Waals surface area (Å²) in [5.74, 6) is -0.0803.